The highest BCUT2D eigenvalue weighted by atomic mass is 32.1. The summed E-state index contributed by atoms with van der Waals surface area (Å²) in [7, 11) is 0. The molecule has 162 valence electrons. The van der Waals surface area contributed by atoms with E-state index in [1.807, 2.05) is 12.4 Å². The molecule has 31 heavy (non-hydrogen) atoms. The Bertz CT molecular complexity index is 1130. The summed E-state index contributed by atoms with van der Waals surface area (Å²) >= 11 is 1.74. The third-order valence-electron chi connectivity index (χ3n) is 6.41. The molecule has 2 aliphatic rings. The number of carbonyl (C=O) groups is 1. The number of aromatic amines is 1. The minimum absolute atomic E-state index is 0.140. The van der Waals surface area contributed by atoms with Gasteiger partial charge < -0.3 is 15.6 Å². The lowest BCUT2D eigenvalue weighted by Gasteiger charge is -2.15. The number of pyridine rings is 1. The lowest BCUT2D eigenvalue weighted by atomic mass is 9.96. The van der Waals surface area contributed by atoms with E-state index in [2.05, 4.69) is 45.8 Å². The maximum atomic E-state index is 12.8. The Labute approximate surface area is 186 Å². The number of aryl methyl sites for hydroxylation is 2. The molecule has 0 bridgehead atoms. The van der Waals surface area contributed by atoms with Gasteiger partial charge in [0.2, 0.25) is 0 Å². The topological polar surface area (TPSA) is 81.8 Å². The third-order valence-corrected chi connectivity index (χ3v) is 7.72. The van der Waals surface area contributed by atoms with Crippen LogP contribution in [0.4, 0.5) is 9.80 Å². The highest BCUT2D eigenvalue weighted by Crippen LogP contribution is 2.37. The fourth-order valence-corrected chi connectivity index (χ4v) is 6.10. The molecular formula is C24H29N5OS. The van der Waals surface area contributed by atoms with Crippen LogP contribution in [-0.2, 0) is 32.4 Å². The molecule has 0 radical (unpaired) electrons. The number of anilines is 1. The number of nitrogens with one attached hydrogen (secondary N) is 4. The molecule has 0 fully saturated rings. The van der Waals surface area contributed by atoms with E-state index in [4.69, 9.17) is 0 Å². The van der Waals surface area contributed by atoms with Crippen LogP contribution in [0, 0.1) is 13.8 Å². The third kappa shape index (κ3) is 4.00. The van der Waals surface area contributed by atoms with Gasteiger partial charge in [-0.15, -0.1) is 11.3 Å². The molecule has 1 aliphatic heterocycles. The minimum Gasteiger partial charge on any atom is -0.357 e. The van der Waals surface area contributed by atoms with Gasteiger partial charge in [-0.25, -0.2) is 4.79 Å². The maximum Gasteiger partial charge on any atom is 0.320 e. The number of carbonyl (C=O) groups excluding carboxylic acids is 1. The summed E-state index contributed by atoms with van der Waals surface area (Å²) < 4.78 is 0. The van der Waals surface area contributed by atoms with Crippen molar-refractivity contribution in [3.63, 3.8) is 0 Å². The van der Waals surface area contributed by atoms with Crippen molar-refractivity contribution in [2.24, 2.45) is 0 Å². The summed E-state index contributed by atoms with van der Waals surface area (Å²) in [5.41, 5.74) is 9.64. The summed E-state index contributed by atoms with van der Waals surface area (Å²) in [4.78, 5) is 22.2. The average Bonchev–Trinajstić information content (AvgIpc) is 3.30. The maximum absolute atomic E-state index is 12.8. The molecule has 0 saturated heterocycles. The second-order valence-corrected chi connectivity index (χ2v) is 9.69. The van der Waals surface area contributed by atoms with Crippen LogP contribution in [0.1, 0.15) is 51.2 Å². The monoisotopic (exact) mass is 435 g/mol. The van der Waals surface area contributed by atoms with Gasteiger partial charge in [0.25, 0.3) is 0 Å². The van der Waals surface area contributed by atoms with E-state index in [-0.39, 0.29) is 6.03 Å². The van der Waals surface area contributed by atoms with E-state index in [0.29, 0.717) is 6.54 Å². The molecule has 0 unspecified atom stereocenters. The van der Waals surface area contributed by atoms with Crippen LogP contribution in [-0.4, -0.2) is 22.5 Å². The van der Waals surface area contributed by atoms with Gasteiger partial charge in [-0.05, 0) is 80.8 Å². The normalized spacial score (nSPS) is 15.3. The lowest BCUT2D eigenvalue weighted by molar-refractivity contribution is 0.252. The number of rotatable bonds is 4. The molecule has 0 spiro atoms. The SMILES string of the molecule is Cc1cncc(-c2[nH]c3c(c2CNC(=O)Nc2sc4c(c2C)CCCC4)CCNC3)c1. The number of nitrogens with zero attached hydrogens (tertiary/aromatic N) is 1. The zero-order valence-corrected chi connectivity index (χ0v) is 19.0. The number of thiophene rings is 1. The van der Waals surface area contributed by atoms with Gasteiger partial charge in [0, 0.05) is 47.2 Å². The standard InChI is InChI=1S/C24H29N5OS/c1-14-9-16(11-26-10-14)22-19(18-7-8-25-13-20(18)28-22)12-27-24(30)29-23-15(2)17-5-3-4-6-21(17)31-23/h9-11,25,28H,3-8,12-13H2,1-2H3,(H2,27,29,30). The first-order chi connectivity index (χ1) is 15.1. The molecule has 1 aliphatic carbocycles. The fourth-order valence-electron chi connectivity index (χ4n) is 4.81. The summed E-state index contributed by atoms with van der Waals surface area (Å²) in [5, 5.41) is 10.6. The van der Waals surface area contributed by atoms with Crippen LogP contribution in [0.25, 0.3) is 11.3 Å². The summed E-state index contributed by atoms with van der Waals surface area (Å²) in [6.45, 7) is 6.46. The quantitative estimate of drug-likeness (QED) is 0.483. The number of fused-ring (bicyclic) bond motifs is 2. The first kappa shape index (κ1) is 20.3. The van der Waals surface area contributed by atoms with Crippen LogP contribution in [0.2, 0.25) is 0 Å². The van der Waals surface area contributed by atoms with Crippen LogP contribution >= 0.6 is 11.3 Å². The second kappa shape index (κ2) is 8.48. The van der Waals surface area contributed by atoms with Crippen molar-refractivity contribution in [2.45, 2.75) is 59.0 Å². The number of hydrogen-bond donors (Lipinski definition) is 4. The van der Waals surface area contributed by atoms with Crippen molar-refractivity contribution in [2.75, 3.05) is 11.9 Å². The van der Waals surface area contributed by atoms with Crippen LogP contribution in [0.3, 0.4) is 0 Å². The largest absolute Gasteiger partial charge is 0.357 e. The molecule has 3 aromatic heterocycles. The number of H-pyrrole nitrogens is 1. The molecule has 6 nitrogen and oxygen atoms in total. The Hall–Kier alpha value is -2.64. The Kier molecular flexibility index (Phi) is 5.54. The molecule has 4 N–H and O–H groups in total. The zero-order chi connectivity index (χ0) is 21.4. The highest BCUT2D eigenvalue weighted by Gasteiger charge is 2.22. The van der Waals surface area contributed by atoms with E-state index >= 15 is 0 Å². The first-order valence-corrected chi connectivity index (χ1v) is 11.9. The van der Waals surface area contributed by atoms with Crippen molar-refractivity contribution in [1.29, 1.82) is 0 Å². The van der Waals surface area contributed by atoms with Crippen LogP contribution < -0.4 is 16.0 Å². The average molecular weight is 436 g/mol. The Balaban J connectivity index is 1.36. The first-order valence-electron chi connectivity index (χ1n) is 11.1. The number of urea groups is 1. The Morgan fingerprint density at radius 2 is 2.03 bits per heavy atom. The van der Waals surface area contributed by atoms with Gasteiger partial charge in [0.05, 0.1) is 10.7 Å². The predicted octanol–water partition coefficient (Wildman–Crippen LogP) is 4.60. The van der Waals surface area contributed by atoms with Crippen molar-refractivity contribution in [1.82, 2.24) is 20.6 Å². The van der Waals surface area contributed by atoms with E-state index in [0.717, 1.165) is 54.2 Å². The Morgan fingerprint density at radius 1 is 1.16 bits per heavy atom. The fraction of sp³-hybridized carbons (Fsp3) is 0.417. The van der Waals surface area contributed by atoms with E-state index < -0.39 is 0 Å². The second-order valence-electron chi connectivity index (χ2n) is 8.59. The summed E-state index contributed by atoms with van der Waals surface area (Å²) in [5.74, 6) is 0. The van der Waals surface area contributed by atoms with Crippen LogP contribution in [0.15, 0.2) is 18.5 Å². The highest BCUT2D eigenvalue weighted by molar-refractivity contribution is 7.16. The van der Waals surface area contributed by atoms with Gasteiger partial charge in [-0.2, -0.15) is 0 Å². The van der Waals surface area contributed by atoms with Crippen molar-refractivity contribution >= 4 is 22.4 Å². The molecule has 7 heteroatoms. The predicted molar refractivity (Wildman–Crippen MR) is 126 cm³/mol. The summed E-state index contributed by atoms with van der Waals surface area (Å²) in [6.07, 6.45) is 9.49. The minimum atomic E-state index is -0.140. The molecule has 5 rings (SSSR count). The van der Waals surface area contributed by atoms with E-state index in [1.165, 1.54) is 45.7 Å². The van der Waals surface area contributed by atoms with E-state index in [9.17, 15) is 4.79 Å². The zero-order valence-electron chi connectivity index (χ0n) is 18.2. The Morgan fingerprint density at radius 3 is 2.87 bits per heavy atom. The van der Waals surface area contributed by atoms with Gasteiger partial charge >= 0.3 is 6.03 Å². The van der Waals surface area contributed by atoms with Crippen molar-refractivity contribution in [3.8, 4) is 11.3 Å². The van der Waals surface area contributed by atoms with Gasteiger partial charge in [-0.3, -0.25) is 10.3 Å². The van der Waals surface area contributed by atoms with Crippen molar-refractivity contribution in [3.05, 3.63) is 56.8 Å². The van der Waals surface area contributed by atoms with Gasteiger partial charge in [0.15, 0.2) is 0 Å². The summed E-state index contributed by atoms with van der Waals surface area (Å²) in [6, 6.07) is 2.00. The number of hydrogen-bond acceptors (Lipinski definition) is 4. The number of amides is 2. The van der Waals surface area contributed by atoms with Crippen molar-refractivity contribution < 1.29 is 4.79 Å². The smallest absolute Gasteiger partial charge is 0.320 e. The lowest BCUT2D eigenvalue weighted by Crippen LogP contribution is -2.29. The molecule has 3 aromatic rings. The molecule has 0 aromatic carbocycles. The van der Waals surface area contributed by atoms with E-state index in [1.54, 1.807) is 11.3 Å². The molecule has 0 atom stereocenters. The molecule has 2 amide bonds. The van der Waals surface area contributed by atoms with Crippen LogP contribution in [0.5, 0.6) is 0 Å². The number of aromatic nitrogens is 2. The molecular weight excluding hydrogens is 406 g/mol. The van der Waals surface area contributed by atoms with Gasteiger partial charge in [-0.1, -0.05) is 0 Å². The van der Waals surface area contributed by atoms with Gasteiger partial charge in [0.1, 0.15) is 0 Å². The molecule has 0 saturated carbocycles. The molecule has 4 heterocycles.